The molecule has 0 radical (unpaired) electrons. The van der Waals surface area contributed by atoms with E-state index in [9.17, 15) is 14.4 Å². The maximum absolute atomic E-state index is 10.9. The Kier molecular flexibility index (Phi) is 18.6. The van der Waals surface area contributed by atoms with Gasteiger partial charge in [-0.15, -0.1) is 0 Å². The second kappa shape index (κ2) is 19.8. The lowest BCUT2D eigenvalue weighted by atomic mass is 10.1. The summed E-state index contributed by atoms with van der Waals surface area (Å²) < 4.78 is 0.859. The molecule has 0 aliphatic heterocycles. The molecule has 0 rings (SSSR count). The number of allylic oxidation sites excluding steroid dienone is 2. The number of carbonyl (C=O) groups is 3. The average molecular weight is 457 g/mol. The van der Waals surface area contributed by atoms with Gasteiger partial charge in [0, 0.05) is 19.3 Å². The van der Waals surface area contributed by atoms with Crippen LogP contribution in [0.1, 0.15) is 103 Å². The van der Waals surface area contributed by atoms with Crippen molar-refractivity contribution < 1.29 is 34.2 Å². The number of hydrogen-bond acceptors (Lipinski definition) is 3. The van der Waals surface area contributed by atoms with E-state index in [1.807, 2.05) is 6.92 Å². The Hall–Kier alpha value is -1.89. The van der Waals surface area contributed by atoms with Gasteiger partial charge in [-0.25, -0.2) is 0 Å². The Balaban J connectivity index is 4.84. The van der Waals surface area contributed by atoms with E-state index in [0.717, 1.165) is 69.2 Å². The van der Waals surface area contributed by atoms with Crippen LogP contribution in [0.15, 0.2) is 12.2 Å². The summed E-state index contributed by atoms with van der Waals surface area (Å²) in [4.78, 5) is 32.7. The fourth-order valence-electron chi connectivity index (χ4n) is 4.25. The predicted molar refractivity (Wildman–Crippen MR) is 127 cm³/mol. The van der Waals surface area contributed by atoms with E-state index in [-0.39, 0.29) is 19.3 Å². The molecule has 0 aromatic heterocycles. The minimum Gasteiger partial charge on any atom is -0.481 e. The average Bonchev–Trinajstić information content (AvgIpc) is 2.73. The van der Waals surface area contributed by atoms with Gasteiger partial charge >= 0.3 is 17.9 Å². The third-order valence-electron chi connectivity index (χ3n) is 6.06. The van der Waals surface area contributed by atoms with Gasteiger partial charge in [-0.3, -0.25) is 14.4 Å². The molecule has 0 spiro atoms. The van der Waals surface area contributed by atoms with Crippen LogP contribution < -0.4 is 0 Å². The molecular formula is C25H46NO6+. The van der Waals surface area contributed by atoms with E-state index in [2.05, 4.69) is 12.2 Å². The lowest BCUT2D eigenvalue weighted by Crippen LogP contribution is -2.51. The summed E-state index contributed by atoms with van der Waals surface area (Å²) in [5.41, 5.74) is 0. The minimum absolute atomic E-state index is 0.171. The van der Waals surface area contributed by atoms with Crippen LogP contribution in [0.4, 0.5) is 0 Å². The van der Waals surface area contributed by atoms with Crippen LogP contribution in [-0.2, 0) is 14.4 Å². The Morgan fingerprint density at radius 2 is 0.906 bits per heavy atom. The van der Waals surface area contributed by atoms with Crippen LogP contribution in [0, 0.1) is 0 Å². The summed E-state index contributed by atoms with van der Waals surface area (Å²) in [5.74, 6) is -2.32. The largest absolute Gasteiger partial charge is 0.481 e. The first-order valence-corrected chi connectivity index (χ1v) is 12.4. The van der Waals surface area contributed by atoms with Gasteiger partial charge in [-0.2, -0.15) is 0 Å². The van der Waals surface area contributed by atoms with Gasteiger partial charge in [-0.1, -0.05) is 25.0 Å². The molecule has 3 N–H and O–H groups in total. The summed E-state index contributed by atoms with van der Waals surface area (Å²) in [6, 6.07) is 0. The van der Waals surface area contributed by atoms with Gasteiger partial charge in [0.25, 0.3) is 0 Å². The van der Waals surface area contributed by atoms with Crippen LogP contribution >= 0.6 is 0 Å². The van der Waals surface area contributed by atoms with Gasteiger partial charge in [0.1, 0.15) is 0 Å². The molecule has 7 heteroatoms. The van der Waals surface area contributed by atoms with E-state index in [0.29, 0.717) is 19.3 Å². The van der Waals surface area contributed by atoms with E-state index in [4.69, 9.17) is 15.3 Å². The second-order valence-corrected chi connectivity index (χ2v) is 8.91. The molecule has 0 heterocycles. The number of rotatable bonds is 23. The van der Waals surface area contributed by atoms with Crippen molar-refractivity contribution in [2.45, 2.75) is 103 Å². The van der Waals surface area contributed by atoms with E-state index in [1.54, 1.807) is 0 Å². The molecule has 32 heavy (non-hydrogen) atoms. The first kappa shape index (κ1) is 30.1. The number of nitrogens with zero attached hydrogens (tertiary/aromatic N) is 1. The van der Waals surface area contributed by atoms with Crippen molar-refractivity contribution in [1.82, 2.24) is 0 Å². The maximum Gasteiger partial charge on any atom is 0.303 e. The molecule has 0 unspecified atom stereocenters. The van der Waals surface area contributed by atoms with Gasteiger partial charge in [0.05, 0.1) is 26.2 Å². The monoisotopic (exact) mass is 456 g/mol. The Labute approximate surface area is 194 Å². The highest BCUT2D eigenvalue weighted by Crippen LogP contribution is 2.19. The number of unbranched alkanes of at least 4 members (excludes halogenated alkanes) is 8. The van der Waals surface area contributed by atoms with Crippen LogP contribution in [0.3, 0.4) is 0 Å². The SMILES string of the molecule is C/C=C/CCCCCCC[N+](CCCCC(=O)O)(CCCCC(=O)O)CCCCC(=O)O. The topological polar surface area (TPSA) is 112 Å². The molecule has 0 fully saturated rings. The first-order chi connectivity index (χ1) is 15.3. The van der Waals surface area contributed by atoms with Gasteiger partial charge < -0.3 is 19.8 Å². The molecule has 0 aromatic rings. The molecule has 186 valence electrons. The van der Waals surface area contributed by atoms with Crippen LogP contribution in [0.25, 0.3) is 0 Å². The lowest BCUT2D eigenvalue weighted by Gasteiger charge is -2.39. The van der Waals surface area contributed by atoms with Crippen molar-refractivity contribution in [3.63, 3.8) is 0 Å². The van der Waals surface area contributed by atoms with Crippen LogP contribution in [0.2, 0.25) is 0 Å². The molecule has 0 aliphatic carbocycles. The second-order valence-electron chi connectivity index (χ2n) is 8.91. The van der Waals surface area contributed by atoms with E-state index in [1.165, 1.54) is 19.3 Å². The van der Waals surface area contributed by atoms with Gasteiger partial charge in [-0.05, 0) is 71.1 Å². The molecule has 7 nitrogen and oxygen atoms in total. The summed E-state index contributed by atoms with van der Waals surface area (Å²) in [5, 5.41) is 26.9. The smallest absolute Gasteiger partial charge is 0.303 e. The molecule has 0 saturated heterocycles. The highest BCUT2D eigenvalue weighted by molar-refractivity contribution is 5.67. The highest BCUT2D eigenvalue weighted by atomic mass is 16.4. The number of hydrogen-bond donors (Lipinski definition) is 3. The molecule has 0 aliphatic rings. The number of aliphatic carboxylic acids is 3. The van der Waals surface area contributed by atoms with Crippen molar-refractivity contribution >= 4 is 17.9 Å². The third kappa shape index (κ3) is 18.8. The van der Waals surface area contributed by atoms with Crippen molar-refractivity contribution in [1.29, 1.82) is 0 Å². The molecule has 0 amide bonds. The Morgan fingerprint density at radius 3 is 1.28 bits per heavy atom. The summed E-state index contributed by atoms with van der Waals surface area (Å²) in [6.45, 7) is 5.70. The number of carboxylic acids is 3. The quantitative estimate of drug-likeness (QED) is 0.107. The van der Waals surface area contributed by atoms with Gasteiger partial charge in [0.15, 0.2) is 0 Å². The van der Waals surface area contributed by atoms with E-state index >= 15 is 0 Å². The highest BCUT2D eigenvalue weighted by Gasteiger charge is 2.26. The normalized spacial score (nSPS) is 11.8. The van der Waals surface area contributed by atoms with Crippen molar-refractivity contribution in [3.05, 3.63) is 12.2 Å². The maximum atomic E-state index is 10.9. The van der Waals surface area contributed by atoms with Crippen molar-refractivity contribution in [2.75, 3.05) is 26.2 Å². The van der Waals surface area contributed by atoms with Crippen molar-refractivity contribution in [3.8, 4) is 0 Å². The zero-order valence-corrected chi connectivity index (χ0v) is 20.1. The standard InChI is InChI=1S/C25H45NO6/c1-2-3-4-5-6-7-8-12-19-26(20-13-9-16-23(27)28,21-14-10-17-24(29)30)22-15-11-18-25(31)32/h2-3H,4-22H2,1H3,(H2-,27,28,29,30,31,32)/p+1/b3-2+. The third-order valence-corrected chi connectivity index (χ3v) is 6.06. The number of carboxylic acid groups (broad SMARTS) is 3. The fourth-order valence-corrected chi connectivity index (χ4v) is 4.25. The first-order valence-electron chi connectivity index (χ1n) is 12.4. The Morgan fingerprint density at radius 1 is 0.562 bits per heavy atom. The zero-order valence-electron chi connectivity index (χ0n) is 20.1. The Bertz CT molecular complexity index is 491. The van der Waals surface area contributed by atoms with Gasteiger partial charge in [0.2, 0.25) is 0 Å². The predicted octanol–water partition coefficient (Wildman–Crippen LogP) is 5.48. The van der Waals surface area contributed by atoms with Crippen molar-refractivity contribution in [2.24, 2.45) is 0 Å². The summed E-state index contributed by atoms with van der Waals surface area (Å²) in [6.07, 6.45) is 16.2. The summed E-state index contributed by atoms with van der Waals surface area (Å²) in [7, 11) is 0. The molecule has 0 bridgehead atoms. The number of quaternary nitrogens is 1. The minimum atomic E-state index is -0.774. The van der Waals surface area contributed by atoms with Crippen LogP contribution in [-0.4, -0.2) is 63.9 Å². The van der Waals surface area contributed by atoms with E-state index < -0.39 is 17.9 Å². The zero-order chi connectivity index (χ0) is 24.1. The molecular weight excluding hydrogens is 410 g/mol. The molecule has 0 atom stereocenters. The molecule has 0 saturated carbocycles. The van der Waals surface area contributed by atoms with Crippen LogP contribution in [0.5, 0.6) is 0 Å². The lowest BCUT2D eigenvalue weighted by molar-refractivity contribution is -0.929. The summed E-state index contributed by atoms with van der Waals surface area (Å²) >= 11 is 0. The fraction of sp³-hybridized carbons (Fsp3) is 0.800. The molecule has 0 aromatic carbocycles.